The van der Waals surface area contributed by atoms with Gasteiger partial charge in [-0.15, -0.1) is 0 Å². The lowest BCUT2D eigenvalue weighted by molar-refractivity contribution is -0.117. The van der Waals surface area contributed by atoms with E-state index in [0.29, 0.717) is 54.6 Å². The standard InChI is InChI=1S/C20H28ClN3O4/c1-12(25)3-2-6-24-7-4-13(17(26)11-24)10-23-20(27)15-9-16(21)18(22)14-5-8-28-19(14)15/h9,13,17,26H,2-8,10-11,22H2,1H3,(H,23,27). The Morgan fingerprint density at radius 2 is 2.25 bits per heavy atom. The number of aliphatic hydroxyl groups is 1. The normalized spacial score (nSPS) is 21.8. The summed E-state index contributed by atoms with van der Waals surface area (Å²) in [5.74, 6) is 0.430. The first kappa shape index (κ1) is 20.9. The van der Waals surface area contributed by atoms with Crippen LogP contribution in [0, 0.1) is 5.92 Å². The van der Waals surface area contributed by atoms with Crippen molar-refractivity contribution in [2.45, 2.75) is 38.7 Å². The molecule has 0 aliphatic carbocycles. The largest absolute Gasteiger partial charge is 0.492 e. The van der Waals surface area contributed by atoms with Gasteiger partial charge in [0.05, 0.1) is 29.0 Å². The number of anilines is 1. The van der Waals surface area contributed by atoms with E-state index in [9.17, 15) is 14.7 Å². The quantitative estimate of drug-likeness (QED) is 0.591. The van der Waals surface area contributed by atoms with Crippen LogP contribution in [0.4, 0.5) is 5.69 Å². The molecule has 2 aliphatic heterocycles. The fraction of sp³-hybridized carbons (Fsp3) is 0.600. The summed E-state index contributed by atoms with van der Waals surface area (Å²) in [7, 11) is 0. The number of nitrogens with two attached hydrogens (primary N) is 1. The zero-order valence-corrected chi connectivity index (χ0v) is 16.9. The second-order valence-electron chi connectivity index (χ2n) is 7.66. The maximum absolute atomic E-state index is 12.7. The number of benzene rings is 1. The van der Waals surface area contributed by atoms with Crippen molar-refractivity contribution in [1.82, 2.24) is 10.2 Å². The third-order valence-corrected chi connectivity index (χ3v) is 5.86. The zero-order valence-electron chi connectivity index (χ0n) is 16.2. The van der Waals surface area contributed by atoms with Crippen molar-refractivity contribution in [2.75, 3.05) is 38.5 Å². The van der Waals surface area contributed by atoms with Crippen molar-refractivity contribution in [1.29, 1.82) is 0 Å². The average Bonchev–Trinajstić information content (AvgIpc) is 3.13. The van der Waals surface area contributed by atoms with Crippen molar-refractivity contribution in [3.05, 3.63) is 22.2 Å². The van der Waals surface area contributed by atoms with Gasteiger partial charge >= 0.3 is 0 Å². The summed E-state index contributed by atoms with van der Waals surface area (Å²) in [5.41, 5.74) is 7.63. The molecule has 0 spiro atoms. The molecule has 2 aliphatic rings. The van der Waals surface area contributed by atoms with E-state index in [1.807, 2.05) is 0 Å². The van der Waals surface area contributed by atoms with Crippen molar-refractivity contribution in [3.63, 3.8) is 0 Å². The zero-order chi connectivity index (χ0) is 20.3. The van der Waals surface area contributed by atoms with E-state index >= 15 is 0 Å². The van der Waals surface area contributed by atoms with E-state index in [-0.39, 0.29) is 17.6 Å². The Bertz CT molecular complexity index is 755. The lowest BCUT2D eigenvalue weighted by Gasteiger charge is -2.36. The van der Waals surface area contributed by atoms with Gasteiger partial charge in [-0.3, -0.25) is 4.79 Å². The molecule has 4 N–H and O–H groups in total. The number of ether oxygens (including phenoxy) is 1. The Hall–Kier alpha value is -1.83. The predicted octanol–water partition coefficient (Wildman–Crippen LogP) is 1.64. The summed E-state index contributed by atoms with van der Waals surface area (Å²) < 4.78 is 5.59. The number of rotatable bonds is 7. The van der Waals surface area contributed by atoms with Crippen LogP contribution in [0.1, 0.15) is 42.1 Å². The molecule has 8 heteroatoms. The molecular weight excluding hydrogens is 382 g/mol. The van der Waals surface area contributed by atoms with Gasteiger partial charge in [0.2, 0.25) is 0 Å². The highest BCUT2D eigenvalue weighted by Gasteiger charge is 2.29. The van der Waals surface area contributed by atoms with E-state index in [4.69, 9.17) is 22.1 Å². The number of halogens is 1. The minimum absolute atomic E-state index is 0.00812. The van der Waals surface area contributed by atoms with Crippen molar-refractivity contribution in [2.24, 2.45) is 5.92 Å². The van der Waals surface area contributed by atoms with Crippen LogP contribution in [0.2, 0.25) is 5.02 Å². The number of β-amino-alcohol motifs (C(OH)–C–C–N with tert-alkyl or cyclic N) is 1. The first-order chi connectivity index (χ1) is 13.4. The number of carbonyl (C=O) groups excluding carboxylic acids is 2. The number of likely N-dealkylation sites (tertiary alicyclic amines) is 1. The molecule has 2 heterocycles. The summed E-state index contributed by atoms with van der Waals surface area (Å²) in [6.07, 6.45) is 2.31. The van der Waals surface area contributed by atoms with Crippen LogP contribution in [0.15, 0.2) is 6.07 Å². The Morgan fingerprint density at radius 3 is 2.96 bits per heavy atom. The minimum Gasteiger partial charge on any atom is -0.492 e. The maximum atomic E-state index is 12.7. The summed E-state index contributed by atoms with van der Waals surface area (Å²) in [5, 5.41) is 13.7. The SMILES string of the molecule is CC(=O)CCCN1CCC(CNC(=O)c2cc(Cl)c(N)c3c2OCC3)C(O)C1. The van der Waals surface area contributed by atoms with Crippen LogP contribution in [-0.2, 0) is 11.2 Å². The van der Waals surface area contributed by atoms with E-state index in [1.54, 1.807) is 13.0 Å². The van der Waals surface area contributed by atoms with Crippen molar-refractivity contribution < 1.29 is 19.4 Å². The molecule has 1 aromatic carbocycles. The fourth-order valence-electron chi connectivity index (χ4n) is 3.89. The maximum Gasteiger partial charge on any atom is 0.255 e. The van der Waals surface area contributed by atoms with Crippen LogP contribution >= 0.6 is 11.6 Å². The molecule has 3 rings (SSSR count). The molecule has 1 aromatic rings. The van der Waals surface area contributed by atoms with Crippen LogP contribution in [0.25, 0.3) is 0 Å². The van der Waals surface area contributed by atoms with Gasteiger partial charge in [-0.05, 0) is 38.9 Å². The number of carbonyl (C=O) groups is 2. The molecule has 0 radical (unpaired) electrons. The Morgan fingerprint density at radius 1 is 1.46 bits per heavy atom. The van der Waals surface area contributed by atoms with E-state index in [1.165, 1.54) is 0 Å². The number of hydrogen-bond donors (Lipinski definition) is 3. The number of nitrogen functional groups attached to an aromatic ring is 1. The van der Waals surface area contributed by atoms with Gasteiger partial charge in [0, 0.05) is 37.4 Å². The number of aliphatic hydroxyl groups excluding tert-OH is 1. The third kappa shape index (κ3) is 4.77. The van der Waals surface area contributed by atoms with Gasteiger partial charge in [-0.2, -0.15) is 0 Å². The second-order valence-corrected chi connectivity index (χ2v) is 8.07. The lowest BCUT2D eigenvalue weighted by atomic mass is 9.93. The number of piperidine rings is 1. The Labute approximate surface area is 170 Å². The molecule has 1 fully saturated rings. The lowest BCUT2D eigenvalue weighted by Crippen LogP contribution is -2.47. The molecule has 0 saturated carbocycles. The van der Waals surface area contributed by atoms with Gasteiger partial charge < -0.3 is 30.6 Å². The molecule has 1 saturated heterocycles. The predicted molar refractivity (Wildman–Crippen MR) is 108 cm³/mol. The van der Waals surface area contributed by atoms with E-state index < -0.39 is 6.10 Å². The number of Topliss-reactive ketones (excluding diaryl/α,β-unsaturated/α-hetero) is 1. The van der Waals surface area contributed by atoms with Gasteiger partial charge in [-0.25, -0.2) is 0 Å². The summed E-state index contributed by atoms with van der Waals surface area (Å²) in [6, 6.07) is 1.55. The topological polar surface area (TPSA) is 105 Å². The van der Waals surface area contributed by atoms with Crippen molar-refractivity contribution in [3.8, 4) is 5.75 Å². The molecule has 154 valence electrons. The van der Waals surface area contributed by atoms with Crippen molar-refractivity contribution >= 4 is 29.0 Å². The molecular formula is C20H28ClN3O4. The molecule has 2 atom stereocenters. The fourth-order valence-corrected chi connectivity index (χ4v) is 4.12. The average molecular weight is 410 g/mol. The van der Waals surface area contributed by atoms with Crippen LogP contribution in [-0.4, -0.2) is 60.6 Å². The van der Waals surface area contributed by atoms with E-state index in [2.05, 4.69) is 10.2 Å². The molecule has 1 amide bonds. The molecule has 2 unspecified atom stereocenters. The van der Waals surface area contributed by atoms with Gasteiger partial charge in [0.1, 0.15) is 11.5 Å². The number of hydrogen-bond acceptors (Lipinski definition) is 6. The highest BCUT2D eigenvalue weighted by molar-refractivity contribution is 6.33. The molecule has 7 nitrogen and oxygen atoms in total. The Balaban J connectivity index is 1.53. The second kappa shape index (κ2) is 9.11. The van der Waals surface area contributed by atoms with Crippen LogP contribution in [0.3, 0.4) is 0 Å². The minimum atomic E-state index is -0.511. The first-order valence-corrected chi connectivity index (χ1v) is 10.2. The number of amides is 1. The molecule has 0 aromatic heterocycles. The number of nitrogens with zero attached hydrogens (tertiary/aromatic N) is 1. The van der Waals surface area contributed by atoms with Gasteiger partial charge in [0.25, 0.3) is 5.91 Å². The van der Waals surface area contributed by atoms with E-state index in [0.717, 1.165) is 31.5 Å². The first-order valence-electron chi connectivity index (χ1n) is 9.78. The smallest absolute Gasteiger partial charge is 0.255 e. The molecule has 28 heavy (non-hydrogen) atoms. The highest BCUT2D eigenvalue weighted by Crippen LogP contribution is 2.38. The number of fused-ring (bicyclic) bond motifs is 1. The highest BCUT2D eigenvalue weighted by atomic mass is 35.5. The summed E-state index contributed by atoms with van der Waals surface area (Å²) >= 11 is 6.16. The van der Waals surface area contributed by atoms with Gasteiger partial charge in [0.15, 0.2) is 0 Å². The number of ketones is 1. The number of nitrogens with one attached hydrogen (secondary N) is 1. The van der Waals surface area contributed by atoms with Crippen LogP contribution in [0.5, 0.6) is 5.75 Å². The monoisotopic (exact) mass is 409 g/mol. The summed E-state index contributed by atoms with van der Waals surface area (Å²) in [6.45, 7) is 4.69. The molecule has 0 bridgehead atoms. The van der Waals surface area contributed by atoms with Crippen LogP contribution < -0.4 is 15.8 Å². The summed E-state index contributed by atoms with van der Waals surface area (Å²) in [4.78, 5) is 25.9. The third-order valence-electron chi connectivity index (χ3n) is 5.55. The van der Waals surface area contributed by atoms with Gasteiger partial charge in [-0.1, -0.05) is 11.6 Å². The Kier molecular flexibility index (Phi) is 6.80.